The summed E-state index contributed by atoms with van der Waals surface area (Å²) in [6.45, 7) is 5.69. The fourth-order valence-corrected chi connectivity index (χ4v) is 3.10. The van der Waals surface area contributed by atoms with Gasteiger partial charge in [-0.1, -0.05) is 43.3 Å². The van der Waals surface area contributed by atoms with E-state index in [1.807, 2.05) is 51.1 Å². The first-order valence-corrected chi connectivity index (χ1v) is 9.96. The molecule has 0 aliphatic rings. The van der Waals surface area contributed by atoms with Gasteiger partial charge in [-0.2, -0.15) is 13.2 Å². The van der Waals surface area contributed by atoms with E-state index in [9.17, 15) is 22.8 Å². The lowest BCUT2D eigenvalue weighted by molar-refractivity contribution is -0.137. The van der Waals surface area contributed by atoms with E-state index in [1.165, 1.54) is 17.0 Å². The third-order valence-corrected chi connectivity index (χ3v) is 5.08. The molecular weight excluding hydrogens is 393 g/mol. The summed E-state index contributed by atoms with van der Waals surface area (Å²) in [6.07, 6.45) is -3.84. The lowest BCUT2D eigenvalue weighted by Gasteiger charge is -2.29. The van der Waals surface area contributed by atoms with Gasteiger partial charge in [-0.15, -0.1) is 0 Å². The summed E-state index contributed by atoms with van der Waals surface area (Å²) in [7, 11) is 0. The van der Waals surface area contributed by atoms with Gasteiger partial charge in [-0.25, -0.2) is 0 Å². The van der Waals surface area contributed by atoms with Crippen molar-refractivity contribution >= 4 is 11.8 Å². The van der Waals surface area contributed by atoms with E-state index in [2.05, 4.69) is 5.32 Å². The van der Waals surface area contributed by atoms with Crippen LogP contribution in [0.1, 0.15) is 61.1 Å². The number of hydrogen-bond acceptors (Lipinski definition) is 2. The maximum absolute atomic E-state index is 13.0. The third kappa shape index (κ3) is 6.34. The van der Waals surface area contributed by atoms with Crippen molar-refractivity contribution in [2.75, 3.05) is 6.54 Å². The van der Waals surface area contributed by atoms with Crippen LogP contribution in [-0.4, -0.2) is 29.3 Å². The molecule has 2 amide bonds. The Labute approximate surface area is 175 Å². The Bertz CT molecular complexity index is 853. The maximum atomic E-state index is 13.0. The molecule has 0 bridgehead atoms. The van der Waals surface area contributed by atoms with Crippen molar-refractivity contribution in [1.82, 2.24) is 10.2 Å². The van der Waals surface area contributed by atoms with Crippen LogP contribution in [-0.2, 0) is 11.0 Å². The predicted molar refractivity (Wildman–Crippen MR) is 110 cm³/mol. The normalized spacial score (nSPS) is 13.4. The SMILES string of the molecule is CCC(C)N(CCC(=O)NC(C)c1ccccc1)C(=O)c1cccc(C(F)(F)F)c1. The highest BCUT2D eigenvalue weighted by Crippen LogP contribution is 2.30. The van der Waals surface area contributed by atoms with Gasteiger partial charge in [0.1, 0.15) is 0 Å². The first kappa shape index (κ1) is 23.4. The molecule has 2 aromatic rings. The molecule has 0 saturated carbocycles. The maximum Gasteiger partial charge on any atom is 0.416 e. The first-order valence-electron chi connectivity index (χ1n) is 9.96. The summed E-state index contributed by atoms with van der Waals surface area (Å²) >= 11 is 0. The van der Waals surface area contributed by atoms with Gasteiger partial charge in [-0.05, 0) is 44.0 Å². The fraction of sp³-hybridized carbons (Fsp3) is 0.391. The zero-order valence-corrected chi connectivity index (χ0v) is 17.4. The highest BCUT2D eigenvalue weighted by molar-refractivity contribution is 5.95. The van der Waals surface area contributed by atoms with Crippen molar-refractivity contribution < 1.29 is 22.8 Å². The number of halogens is 3. The van der Waals surface area contributed by atoms with Crippen LogP contribution in [0.25, 0.3) is 0 Å². The van der Waals surface area contributed by atoms with Crippen molar-refractivity contribution in [1.29, 1.82) is 0 Å². The van der Waals surface area contributed by atoms with Crippen molar-refractivity contribution in [3.63, 3.8) is 0 Å². The van der Waals surface area contributed by atoms with Crippen LogP contribution in [0.2, 0.25) is 0 Å². The topological polar surface area (TPSA) is 49.4 Å². The van der Waals surface area contributed by atoms with Crippen molar-refractivity contribution in [3.05, 3.63) is 71.3 Å². The van der Waals surface area contributed by atoms with Gasteiger partial charge < -0.3 is 10.2 Å². The Kier molecular flexibility index (Phi) is 8.03. The van der Waals surface area contributed by atoms with E-state index < -0.39 is 17.6 Å². The van der Waals surface area contributed by atoms with Crippen LogP contribution in [0.15, 0.2) is 54.6 Å². The summed E-state index contributed by atoms with van der Waals surface area (Å²) in [5, 5.41) is 2.89. The van der Waals surface area contributed by atoms with Crippen LogP contribution < -0.4 is 5.32 Å². The Morgan fingerprint density at radius 3 is 2.30 bits per heavy atom. The summed E-state index contributed by atoms with van der Waals surface area (Å²) in [5.74, 6) is -0.740. The van der Waals surface area contributed by atoms with Crippen LogP contribution in [0.5, 0.6) is 0 Å². The minimum atomic E-state index is -4.52. The number of rotatable bonds is 8. The van der Waals surface area contributed by atoms with Crippen molar-refractivity contribution in [3.8, 4) is 0 Å². The number of hydrogen-bond donors (Lipinski definition) is 1. The van der Waals surface area contributed by atoms with Crippen molar-refractivity contribution in [2.24, 2.45) is 0 Å². The second-order valence-corrected chi connectivity index (χ2v) is 7.28. The lowest BCUT2D eigenvalue weighted by Crippen LogP contribution is -2.41. The van der Waals surface area contributed by atoms with Gasteiger partial charge in [0.25, 0.3) is 5.91 Å². The molecule has 1 N–H and O–H groups in total. The molecule has 0 fully saturated rings. The number of carbonyl (C=O) groups is 2. The van der Waals surface area contributed by atoms with Gasteiger partial charge >= 0.3 is 6.18 Å². The largest absolute Gasteiger partial charge is 0.416 e. The Balaban J connectivity index is 2.07. The van der Waals surface area contributed by atoms with Crippen LogP contribution in [0.3, 0.4) is 0 Å². The predicted octanol–water partition coefficient (Wildman–Crippen LogP) is 5.21. The molecule has 0 heterocycles. The summed E-state index contributed by atoms with van der Waals surface area (Å²) < 4.78 is 39.0. The molecular formula is C23H27F3N2O2. The average molecular weight is 420 g/mol. The average Bonchev–Trinajstić information content (AvgIpc) is 2.73. The minimum absolute atomic E-state index is 0.0387. The van der Waals surface area contributed by atoms with Gasteiger partial charge in [0, 0.05) is 24.6 Å². The van der Waals surface area contributed by atoms with Gasteiger partial charge in [0.05, 0.1) is 11.6 Å². The summed E-state index contributed by atoms with van der Waals surface area (Å²) in [5.41, 5.74) is 0.0553. The zero-order valence-electron chi connectivity index (χ0n) is 17.4. The number of nitrogens with one attached hydrogen (secondary N) is 1. The molecule has 0 aliphatic heterocycles. The van der Waals surface area contributed by atoms with Gasteiger partial charge in [-0.3, -0.25) is 9.59 Å². The number of carbonyl (C=O) groups excluding carboxylic acids is 2. The highest BCUT2D eigenvalue weighted by atomic mass is 19.4. The second kappa shape index (κ2) is 10.3. The molecule has 0 aliphatic carbocycles. The number of benzene rings is 2. The standard InChI is InChI=1S/C23H27F3N2O2/c1-4-16(2)28(22(30)19-11-8-12-20(15-19)23(24,25)26)14-13-21(29)27-17(3)18-9-6-5-7-10-18/h5-12,15-17H,4,13-14H2,1-3H3,(H,27,29). The van der Waals surface area contributed by atoms with E-state index in [1.54, 1.807) is 0 Å². The van der Waals surface area contributed by atoms with E-state index >= 15 is 0 Å². The van der Waals surface area contributed by atoms with Crippen LogP contribution in [0.4, 0.5) is 13.2 Å². The van der Waals surface area contributed by atoms with Gasteiger partial charge in [0.15, 0.2) is 0 Å². The van der Waals surface area contributed by atoms with Crippen molar-refractivity contribution in [2.45, 2.75) is 51.9 Å². The second-order valence-electron chi connectivity index (χ2n) is 7.28. The van der Waals surface area contributed by atoms with E-state index in [-0.39, 0.29) is 36.5 Å². The monoisotopic (exact) mass is 420 g/mol. The molecule has 2 atom stereocenters. The molecule has 4 nitrogen and oxygen atoms in total. The Morgan fingerprint density at radius 2 is 1.70 bits per heavy atom. The summed E-state index contributed by atoms with van der Waals surface area (Å²) in [4.78, 5) is 26.8. The Morgan fingerprint density at radius 1 is 1.03 bits per heavy atom. The number of amides is 2. The molecule has 0 spiro atoms. The Hall–Kier alpha value is -2.83. The molecule has 7 heteroatoms. The zero-order chi connectivity index (χ0) is 22.3. The number of nitrogens with zero attached hydrogens (tertiary/aromatic N) is 1. The quantitative estimate of drug-likeness (QED) is 0.637. The smallest absolute Gasteiger partial charge is 0.350 e. The molecule has 2 aromatic carbocycles. The van der Waals surface area contributed by atoms with E-state index in [4.69, 9.17) is 0 Å². The first-order chi connectivity index (χ1) is 14.1. The van der Waals surface area contributed by atoms with E-state index in [0.29, 0.717) is 6.42 Å². The molecule has 30 heavy (non-hydrogen) atoms. The molecule has 0 radical (unpaired) electrons. The van der Waals surface area contributed by atoms with E-state index in [0.717, 1.165) is 17.7 Å². The fourth-order valence-electron chi connectivity index (χ4n) is 3.10. The third-order valence-electron chi connectivity index (χ3n) is 5.08. The molecule has 0 aromatic heterocycles. The lowest BCUT2D eigenvalue weighted by atomic mass is 10.1. The molecule has 2 rings (SSSR count). The summed E-state index contributed by atoms with van der Waals surface area (Å²) in [6, 6.07) is 13.5. The number of alkyl halides is 3. The molecule has 2 unspecified atom stereocenters. The van der Waals surface area contributed by atoms with Gasteiger partial charge in [0.2, 0.25) is 5.91 Å². The molecule has 0 saturated heterocycles. The van der Waals surface area contributed by atoms with Crippen LogP contribution >= 0.6 is 0 Å². The minimum Gasteiger partial charge on any atom is -0.350 e. The highest BCUT2D eigenvalue weighted by Gasteiger charge is 2.31. The molecule has 162 valence electrons. The van der Waals surface area contributed by atoms with Crippen LogP contribution in [0, 0.1) is 0 Å².